The topological polar surface area (TPSA) is 92.2 Å². The van der Waals surface area contributed by atoms with E-state index >= 15 is 0 Å². The van der Waals surface area contributed by atoms with Gasteiger partial charge in [0.1, 0.15) is 5.82 Å². The third kappa shape index (κ3) is 3.49. The molecule has 0 aliphatic heterocycles. The molecule has 6 heteroatoms. The molecule has 102 valence electrons. The van der Waals surface area contributed by atoms with Gasteiger partial charge in [0.05, 0.1) is 18.2 Å². The Morgan fingerprint density at radius 2 is 2.16 bits per heavy atom. The standard InChI is InChI=1S/C13H17N3O3/c1-8-14-5-4-11(16-8)7-15-12(17)9-2-3-10(6-9)13(18)19/h4-5,9-10H,2-3,6-7H2,1H3,(H,15,17)(H,18,19). The monoisotopic (exact) mass is 263 g/mol. The number of carboxylic acid groups (broad SMARTS) is 1. The number of hydrogen-bond acceptors (Lipinski definition) is 4. The summed E-state index contributed by atoms with van der Waals surface area (Å²) in [4.78, 5) is 30.9. The van der Waals surface area contributed by atoms with Gasteiger partial charge >= 0.3 is 5.97 Å². The van der Waals surface area contributed by atoms with Gasteiger partial charge in [-0.2, -0.15) is 0 Å². The normalized spacial score (nSPS) is 22.2. The number of carbonyl (C=O) groups excluding carboxylic acids is 1. The number of aromatic nitrogens is 2. The number of nitrogens with zero attached hydrogens (tertiary/aromatic N) is 2. The van der Waals surface area contributed by atoms with Crippen LogP contribution in [0.15, 0.2) is 12.3 Å². The van der Waals surface area contributed by atoms with E-state index in [0.29, 0.717) is 31.6 Å². The summed E-state index contributed by atoms with van der Waals surface area (Å²) in [7, 11) is 0. The van der Waals surface area contributed by atoms with E-state index in [-0.39, 0.29) is 17.7 Å². The zero-order valence-electron chi connectivity index (χ0n) is 10.8. The van der Waals surface area contributed by atoms with Crippen molar-refractivity contribution in [1.29, 1.82) is 0 Å². The van der Waals surface area contributed by atoms with Crippen LogP contribution in [0.2, 0.25) is 0 Å². The molecule has 2 rings (SSSR count). The molecule has 1 heterocycles. The lowest BCUT2D eigenvalue weighted by Crippen LogP contribution is -2.29. The molecular formula is C13H17N3O3. The molecular weight excluding hydrogens is 246 g/mol. The van der Waals surface area contributed by atoms with E-state index in [1.54, 1.807) is 19.2 Å². The molecule has 1 saturated carbocycles. The summed E-state index contributed by atoms with van der Waals surface area (Å²) in [6.45, 7) is 2.15. The van der Waals surface area contributed by atoms with Gasteiger partial charge in [0, 0.05) is 12.1 Å². The Labute approximate surface area is 111 Å². The van der Waals surface area contributed by atoms with Crippen LogP contribution in [0.5, 0.6) is 0 Å². The van der Waals surface area contributed by atoms with Crippen LogP contribution in [0.3, 0.4) is 0 Å². The van der Waals surface area contributed by atoms with Gasteiger partial charge in [-0.1, -0.05) is 0 Å². The Kier molecular flexibility index (Phi) is 4.09. The number of rotatable bonds is 4. The summed E-state index contributed by atoms with van der Waals surface area (Å²) >= 11 is 0. The van der Waals surface area contributed by atoms with Gasteiger partial charge in [0.2, 0.25) is 5.91 Å². The number of carbonyl (C=O) groups is 2. The Hall–Kier alpha value is -1.98. The minimum absolute atomic E-state index is 0.0833. The summed E-state index contributed by atoms with van der Waals surface area (Å²) < 4.78 is 0. The van der Waals surface area contributed by atoms with Crippen LogP contribution in [-0.4, -0.2) is 27.0 Å². The highest BCUT2D eigenvalue weighted by Crippen LogP contribution is 2.31. The van der Waals surface area contributed by atoms with E-state index in [2.05, 4.69) is 15.3 Å². The second-order valence-electron chi connectivity index (χ2n) is 4.86. The van der Waals surface area contributed by atoms with Crippen molar-refractivity contribution >= 4 is 11.9 Å². The molecule has 1 aromatic rings. The van der Waals surface area contributed by atoms with Crippen LogP contribution < -0.4 is 5.32 Å². The fraction of sp³-hybridized carbons (Fsp3) is 0.538. The molecule has 0 radical (unpaired) electrons. The Bertz CT molecular complexity index is 490. The van der Waals surface area contributed by atoms with Gasteiger partial charge in [0.15, 0.2) is 0 Å². The van der Waals surface area contributed by atoms with Gasteiger partial charge < -0.3 is 10.4 Å². The van der Waals surface area contributed by atoms with E-state index in [1.165, 1.54) is 0 Å². The van der Waals surface area contributed by atoms with E-state index in [0.717, 1.165) is 5.69 Å². The van der Waals surface area contributed by atoms with Crippen molar-refractivity contribution in [2.24, 2.45) is 11.8 Å². The summed E-state index contributed by atoms with van der Waals surface area (Å²) in [5.74, 6) is -0.790. The lowest BCUT2D eigenvalue weighted by Gasteiger charge is -2.10. The van der Waals surface area contributed by atoms with Crippen LogP contribution in [0.25, 0.3) is 0 Å². The van der Waals surface area contributed by atoms with Crippen molar-refractivity contribution in [2.45, 2.75) is 32.7 Å². The van der Waals surface area contributed by atoms with Crippen LogP contribution >= 0.6 is 0 Å². The maximum Gasteiger partial charge on any atom is 0.306 e. The smallest absolute Gasteiger partial charge is 0.306 e. The highest BCUT2D eigenvalue weighted by atomic mass is 16.4. The van der Waals surface area contributed by atoms with Gasteiger partial charge in [-0.15, -0.1) is 0 Å². The van der Waals surface area contributed by atoms with Crippen LogP contribution in [0, 0.1) is 18.8 Å². The van der Waals surface area contributed by atoms with Crippen molar-refractivity contribution in [1.82, 2.24) is 15.3 Å². The molecule has 1 amide bonds. The Morgan fingerprint density at radius 1 is 1.42 bits per heavy atom. The number of carboxylic acids is 1. The summed E-state index contributed by atoms with van der Waals surface area (Å²) in [6.07, 6.45) is 3.31. The molecule has 0 aromatic carbocycles. The maximum absolute atomic E-state index is 11.9. The second-order valence-corrected chi connectivity index (χ2v) is 4.86. The molecule has 1 aromatic heterocycles. The molecule has 0 saturated heterocycles. The first-order chi connectivity index (χ1) is 9.06. The number of aryl methyl sites for hydroxylation is 1. The van der Waals surface area contributed by atoms with Crippen LogP contribution in [0.1, 0.15) is 30.8 Å². The van der Waals surface area contributed by atoms with Gasteiger partial charge in [-0.25, -0.2) is 9.97 Å². The lowest BCUT2D eigenvalue weighted by atomic mass is 10.0. The molecule has 6 nitrogen and oxygen atoms in total. The van der Waals surface area contributed by atoms with E-state index in [4.69, 9.17) is 5.11 Å². The van der Waals surface area contributed by atoms with Crippen LogP contribution in [-0.2, 0) is 16.1 Å². The summed E-state index contributed by atoms with van der Waals surface area (Å²) in [5, 5.41) is 11.7. The zero-order valence-corrected chi connectivity index (χ0v) is 10.8. The minimum atomic E-state index is -0.804. The molecule has 2 unspecified atom stereocenters. The van der Waals surface area contributed by atoms with Gasteiger partial charge in [-0.3, -0.25) is 9.59 Å². The van der Waals surface area contributed by atoms with Crippen LogP contribution in [0.4, 0.5) is 0 Å². The second kappa shape index (κ2) is 5.77. The van der Waals surface area contributed by atoms with Gasteiger partial charge in [0.25, 0.3) is 0 Å². The minimum Gasteiger partial charge on any atom is -0.481 e. The number of hydrogen-bond donors (Lipinski definition) is 2. The van der Waals surface area contributed by atoms with E-state index in [1.807, 2.05) is 0 Å². The van der Waals surface area contributed by atoms with Crippen molar-refractivity contribution < 1.29 is 14.7 Å². The number of nitrogens with one attached hydrogen (secondary N) is 1. The largest absolute Gasteiger partial charge is 0.481 e. The lowest BCUT2D eigenvalue weighted by molar-refractivity contribution is -0.141. The molecule has 0 spiro atoms. The maximum atomic E-state index is 11.9. The molecule has 1 fully saturated rings. The summed E-state index contributed by atoms with van der Waals surface area (Å²) in [5.41, 5.74) is 0.758. The Morgan fingerprint density at radius 3 is 2.79 bits per heavy atom. The zero-order chi connectivity index (χ0) is 13.8. The molecule has 19 heavy (non-hydrogen) atoms. The van der Waals surface area contributed by atoms with Crippen molar-refractivity contribution in [3.05, 3.63) is 23.8 Å². The Balaban J connectivity index is 1.84. The molecule has 1 aliphatic rings. The average molecular weight is 263 g/mol. The highest BCUT2D eigenvalue weighted by Gasteiger charge is 2.33. The fourth-order valence-electron chi connectivity index (χ4n) is 2.37. The quantitative estimate of drug-likeness (QED) is 0.842. The van der Waals surface area contributed by atoms with E-state index in [9.17, 15) is 9.59 Å². The fourth-order valence-corrected chi connectivity index (χ4v) is 2.37. The SMILES string of the molecule is Cc1nccc(CNC(=O)C2CCC(C(=O)O)C2)n1. The van der Waals surface area contributed by atoms with Gasteiger partial charge in [-0.05, 0) is 32.3 Å². The van der Waals surface area contributed by atoms with Crippen molar-refractivity contribution in [3.8, 4) is 0 Å². The molecule has 1 aliphatic carbocycles. The first-order valence-electron chi connectivity index (χ1n) is 6.35. The highest BCUT2D eigenvalue weighted by molar-refractivity contribution is 5.80. The van der Waals surface area contributed by atoms with E-state index < -0.39 is 5.97 Å². The third-order valence-electron chi connectivity index (χ3n) is 3.43. The molecule has 2 atom stereocenters. The first-order valence-corrected chi connectivity index (χ1v) is 6.35. The molecule has 0 bridgehead atoms. The predicted octanol–water partition coefficient (Wildman–Crippen LogP) is 0.902. The number of amides is 1. The first kappa shape index (κ1) is 13.5. The average Bonchev–Trinajstić information content (AvgIpc) is 2.86. The third-order valence-corrected chi connectivity index (χ3v) is 3.43. The van der Waals surface area contributed by atoms with Crippen molar-refractivity contribution in [2.75, 3.05) is 0 Å². The predicted molar refractivity (Wildman–Crippen MR) is 67.1 cm³/mol. The summed E-state index contributed by atoms with van der Waals surface area (Å²) in [6, 6.07) is 1.75. The van der Waals surface area contributed by atoms with Crippen molar-refractivity contribution in [3.63, 3.8) is 0 Å². The molecule has 2 N–H and O–H groups in total. The number of aliphatic carboxylic acids is 1.